The number of halogens is 1. The van der Waals surface area contributed by atoms with Crippen LogP contribution >= 0.6 is 11.6 Å². The first kappa shape index (κ1) is 13.4. The van der Waals surface area contributed by atoms with Crippen LogP contribution in [0.2, 0.25) is 5.02 Å². The molecule has 2 heterocycles. The van der Waals surface area contributed by atoms with Crippen LogP contribution in [0.5, 0.6) is 0 Å². The molecule has 1 aromatic heterocycles. The summed E-state index contributed by atoms with van der Waals surface area (Å²) in [6.45, 7) is 6.01. The van der Waals surface area contributed by atoms with Gasteiger partial charge < -0.3 is 15.3 Å². The molecule has 100 valence electrons. The van der Waals surface area contributed by atoms with E-state index in [4.69, 9.17) is 11.6 Å². The second-order valence-electron chi connectivity index (χ2n) is 4.92. The molecule has 2 N–H and O–H groups in total. The van der Waals surface area contributed by atoms with Crippen LogP contribution in [0.3, 0.4) is 0 Å². The van der Waals surface area contributed by atoms with Crippen LogP contribution in [-0.4, -0.2) is 40.3 Å². The number of hydrogen-bond acceptors (Lipinski definition) is 5. The van der Waals surface area contributed by atoms with E-state index in [0.29, 0.717) is 23.3 Å². The van der Waals surface area contributed by atoms with Gasteiger partial charge in [-0.05, 0) is 26.7 Å². The van der Waals surface area contributed by atoms with Gasteiger partial charge in [0, 0.05) is 19.6 Å². The average Bonchev–Trinajstić information content (AvgIpc) is 2.30. The van der Waals surface area contributed by atoms with Crippen LogP contribution in [0.4, 0.5) is 11.8 Å². The van der Waals surface area contributed by atoms with E-state index < -0.39 is 5.60 Å². The number of aliphatic hydroxyl groups is 1. The van der Waals surface area contributed by atoms with Gasteiger partial charge in [-0.3, -0.25) is 0 Å². The second-order valence-corrected chi connectivity index (χ2v) is 5.32. The molecular formula is C12H19ClN4O. The molecule has 0 radical (unpaired) electrons. The summed E-state index contributed by atoms with van der Waals surface area (Å²) in [5.74, 6) is 1.27. The predicted octanol–water partition coefficient (Wildman–Crippen LogP) is 1.91. The van der Waals surface area contributed by atoms with E-state index in [1.165, 1.54) is 0 Å². The van der Waals surface area contributed by atoms with Crippen molar-refractivity contribution in [3.8, 4) is 0 Å². The van der Waals surface area contributed by atoms with E-state index in [1.807, 2.05) is 18.7 Å². The topological polar surface area (TPSA) is 61.3 Å². The summed E-state index contributed by atoms with van der Waals surface area (Å²) < 4.78 is 0. The third-order valence-corrected chi connectivity index (χ3v) is 3.30. The highest BCUT2D eigenvalue weighted by Gasteiger charge is 2.30. The number of hydrogen-bond donors (Lipinski definition) is 2. The van der Waals surface area contributed by atoms with Crippen LogP contribution < -0.4 is 10.2 Å². The molecule has 0 saturated carbocycles. The second kappa shape index (κ2) is 5.28. The molecule has 1 aliphatic rings. The number of nitrogens with one attached hydrogen (secondary N) is 1. The molecule has 1 atom stereocenters. The average molecular weight is 271 g/mol. The highest BCUT2D eigenvalue weighted by atomic mass is 35.5. The molecule has 1 aromatic rings. The van der Waals surface area contributed by atoms with E-state index in [9.17, 15) is 5.11 Å². The van der Waals surface area contributed by atoms with Crippen molar-refractivity contribution in [2.75, 3.05) is 29.9 Å². The van der Waals surface area contributed by atoms with Gasteiger partial charge in [0.05, 0.1) is 11.8 Å². The fourth-order valence-electron chi connectivity index (χ4n) is 2.22. The lowest BCUT2D eigenvalue weighted by atomic mass is 9.95. The zero-order valence-corrected chi connectivity index (χ0v) is 11.5. The number of aromatic nitrogens is 2. The minimum absolute atomic E-state index is 0.523. The Morgan fingerprint density at radius 3 is 3.06 bits per heavy atom. The number of nitrogens with zero attached hydrogens (tertiary/aromatic N) is 3. The maximum absolute atomic E-state index is 10.1. The Kier molecular flexibility index (Phi) is 3.92. The summed E-state index contributed by atoms with van der Waals surface area (Å²) in [7, 11) is 0. The number of anilines is 2. The first-order valence-electron chi connectivity index (χ1n) is 6.25. The van der Waals surface area contributed by atoms with Gasteiger partial charge >= 0.3 is 0 Å². The maximum atomic E-state index is 10.1. The van der Waals surface area contributed by atoms with Crippen LogP contribution in [0.25, 0.3) is 0 Å². The summed E-state index contributed by atoms with van der Waals surface area (Å²) >= 11 is 6.15. The summed E-state index contributed by atoms with van der Waals surface area (Å²) in [4.78, 5) is 10.6. The number of piperidine rings is 1. The van der Waals surface area contributed by atoms with Crippen LogP contribution in [-0.2, 0) is 0 Å². The van der Waals surface area contributed by atoms with Crippen molar-refractivity contribution in [1.29, 1.82) is 0 Å². The molecule has 0 aromatic carbocycles. The fourth-order valence-corrected chi connectivity index (χ4v) is 2.43. The summed E-state index contributed by atoms with van der Waals surface area (Å²) in [6.07, 6.45) is 3.35. The van der Waals surface area contributed by atoms with Crippen LogP contribution in [0.1, 0.15) is 26.7 Å². The van der Waals surface area contributed by atoms with Gasteiger partial charge in [0.1, 0.15) is 5.02 Å². The molecule has 0 aliphatic carbocycles. The number of rotatable bonds is 3. The molecule has 1 fully saturated rings. The largest absolute Gasteiger partial charge is 0.388 e. The van der Waals surface area contributed by atoms with Crippen LogP contribution in [0, 0.1) is 0 Å². The van der Waals surface area contributed by atoms with Gasteiger partial charge in [0.25, 0.3) is 0 Å². The van der Waals surface area contributed by atoms with Gasteiger partial charge in [-0.15, -0.1) is 0 Å². The van der Waals surface area contributed by atoms with Crippen LogP contribution in [0.15, 0.2) is 6.20 Å². The van der Waals surface area contributed by atoms with Crippen molar-refractivity contribution in [1.82, 2.24) is 9.97 Å². The Morgan fingerprint density at radius 1 is 1.61 bits per heavy atom. The van der Waals surface area contributed by atoms with Crippen molar-refractivity contribution >= 4 is 23.4 Å². The molecule has 0 bridgehead atoms. The standard InChI is InChI=1S/C12H19ClN4O/c1-3-14-11-15-7-9(13)10(16-11)17-6-4-5-12(2,18)8-17/h7,18H,3-6,8H2,1-2H3,(H,14,15,16). The number of β-amino-alcohol motifs (C(OH)–C–C–N with tert-alkyl or cyclic N) is 1. The lowest BCUT2D eigenvalue weighted by Gasteiger charge is -2.37. The van der Waals surface area contributed by atoms with Gasteiger partial charge in [-0.25, -0.2) is 4.98 Å². The van der Waals surface area contributed by atoms with E-state index in [1.54, 1.807) is 6.20 Å². The highest BCUT2D eigenvalue weighted by Crippen LogP contribution is 2.29. The summed E-state index contributed by atoms with van der Waals surface area (Å²) in [5.41, 5.74) is -0.676. The molecule has 2 rings (SSSR count). The Labute approximate surface area is 112 Å². The molecule has 1 unspecified atom stereocenters. The van der Waals surface area contributed by atoms with Crippen molar-refractivity contribution in [3.05, 3.63) is 11.2 Å². The van der Waals surface area contributed by atoms with Gasteiger partial charge in [0.15, 0.2) is 5.82 Å². The third-order valence-electron chi connectivity index (χ3n) is 3.03. The Balaban J connectivity index is 2.23. The smallest absolute Gasteiger partial charge is 0.224 e. The molecule has 0 spiro atoms. The van der Waals surface area contributed by atoms with E-state index in [0.717, 1.165) is 25.9 Å². The van der Waals surface area contributed by atoms with E-state index >= 15 is 0 Å². The fraction of sp³-hybridized carbons (Fsp3) is 0.667. The first-order valence-corrected chi connectivity index (χ1v) is 6.63. The molecule has 5 nitrogen and oxygen atoms in total. The Bertz CT molecular complexity index is 425. The Morgan fingerprint density at radius 2 is 2.39 bits per heavy atom. The van der Waals surface area contributed by atoms with Crippen molar-refractivity contribution in [3.63, 3.8) is 0 Å². The quantitative estimate of drug-likeness (QED) is 0.879. The maximum Gasteiger partial charge on any atom is 0.224 e. The zero-order chi connectivity index (χ0) is 13.2. The SMILES string of the molecule is CCNc1ncc(Cl)c(N2CCCC(C)(O)C2)n1. The lowest BCUT2D eigenvalue weighted by molar-refractivity contribution is 0.0447. The normalized spacial score (nSPS) is 24.1. The first-order chi connectivity index (χ1) is 8.52. The van der Waals surface area contributed by atoms with Gasteiger partial charge in [-0.2, -0.15) is 4.98 Å². The van der Waals surface area contributed by atoms with E-state index in [-0.39, 0.29) is 0 Å². The molecule has 1 aliphatic heterocycles. The lowest BCUT2D eigenvalue weighted by Crippen LogP contribution is -2.46. The summed E-state index contributed by atoms with van der Waals surface area (Å²) in [5, 5.41) is 13.7. The molecular weight excluding hydrogens is 252 g/mol. The summed E-state index contributed by atoms with van der Waals surface area (Å²) in [6, 6.07) is 0. The van der Waals surface area contributed by atoms with Crippen molar-refractivity contribution in [2.24, 2.45) is 0 Å². The molecule has 1 saturated heterocycles. The highest BCUT2D eigenvalue weighted by molar-refractivity contribution is 6.32. The zero-order valence-electron chi connectivity index (χ0n) is 10.8. The van der Waals surface area contributed by atoms with E-state index in [2.05, 4.69) is 15.3 Å². The minimum atomic E-state index is -0.676. The minimum Gasteiger partial charge on any atom is -0.388 e. The van der Waals surface area contributed by atoms with Gasteiger partial charge in [0.2, 0.25) is 5.95 Å². The van der Waals surface area contributed by atoms with Crippen molar-refractivity contribution < 1.29 is 5.11 Å². The molecule has 18 heavy (non-hydrogen) atoms. The molecule has 0 amide bonds. The van der Waals surface area contributed by atoms with Crippen molar-refractivity contribution in [2.45, 2.75) is 32.3 Å². The molecule has 6 heteroatoms. The van der Waals surface area contributed by atoms with Gasteiger partial charge in [-0.1, -0.05) is 11.6 Å². The predicted molar refractivity (Wildman–Crippen MR) is 73.3 cm³/mol. The Hall–Kier alpha value is -1.07. The monoisotopic (exact) mass is 270 g/mol. The third kappa shape index (κ3) is 3.03.